The van der Waals surface area contributed by atoms with Crippen LogP contribution in [0.4, 0.5) is 13.2 Å². The summed E-state index contributed by atoms with van der Waals surface area (Å²) in [5.41, 5.74) is 1.06. The first kappa shape index (κ1) is 17.4. The van der Waals surface area contributed by atoms with Crippen molar-refractivity contribution in [3.63, 3.8) is 0 Å². The lowest BCUT2D eigenvalue weighted by Gasteiger charge is -2.14. The molecular formula is C20H16F3OS+. The molecule has 0 radical (unpaired) electrons. The minimum absolute atomic E-state index is 0.163. The third-order valence-electron chi connectivity index (χ3n) is 3.50. The molecule has 3 rings (SSSR count). The third-order valence-corrected chi connectivity index (χ3v) is 5.74. The van der Waals surface area contributed by atoms with Gasteiger partial charge in [-0.15, -0.1) is 13.2 Å². The summed E-state index contributed by atoms with van der Waals surface area (Å²) < 4.78 is 42.8. The summed E-state index contributed by atoms with van der Waals surface area (Å²) in [6, 6.07) is 23.7. The third kappa shape index (κ3) is 4.37. The molecule has 0 aliphatic carbocycles. The lowest BCUT2D eigenvalue weighted by Crippen LogP contribution is -2.19. The van der Waals surface area contributed by atoms with Gasteiger partial charge in [0.25, 0.3) is 0 Å². The summed E-state index contributed by atoms with van der Waals surface area (Å²) in [7, 11) is -0.696. The molecule has 3 aromatic carbocycles. The average molecular weight is 361 g/mol. The maximum absolute atomic E-state index is 12.8. The van der Waals surface area contributed by atoms with E-state index in [1.54, 1.807) is 18.2 Å². The molecule has 0 aliphatic rings. The predicted octanol–water partition coefficient (Wildman–Crippen LogP) is 5.99. The number of rotatable bonds is 4. The van der Waals surface area contributed by atoms with Gasteiger partial charge in [-0.2, -0.15) is 0 Å². The Balaban J connectivity index is 2.17. The van der Waals surface area contributed by atoms with Crippen molar-refractivity contribution in [1.29, 1.82) is 0 Å². The Bertz CT molecular complexity index is 847. The van der Waals surface area contributed by atoms with E-state index in [0.29, 0.717) is 4.90 Å². The van der Waals surface area contributed by atoms with Crippen LogP contribution in [-0.4, -0.2) is 6.36 Å². The van der Waals surface area contributed by atoms with Gasteiger partial charge in [0.2, 0.25) is 4.90 Å². The van der Waals surface area contributed by atoms with Gasteiger partial charge in [-0.3, -0.25) is 0 Å². The molecular weight excluding hydrogens is 345 g/mol. The Morgan fingerprint density at radius 3 is 2.08 bits per heavy atom. The Hall–Kier alpha value is -2.40. The average Bonchev–Trinajstić information content (AvgIpc) is 2.56. The van der Waals surface area contributed by atoms with E-state index in [0.717, 1.165) is 15.4 Å². The number of halogens is 3. The van der Waals surface area contributed by atoms with Crippen molar-refractivity contribution in [2.45, 2.75) is 28.0 Å². The van der Waals surface area contributed by atoms with Gasteiger partial charge in [-0.05, 0) is 48.9 Å². The van der Waals surface area contributed by atoms with Crippen LogP contribution >= 0.6 is 0 Å². The highest BCUT2D eigenvalue weighted by molar-refractivity contribution is 7.97. The van der Waals surface area contributed by atoms with Crippen molar-refractivity contribution in [3.05, 3.63) is 84.4 Å². The number of ether oxygens (including phenoxy) is 1. The van der Waals surface area contributed by atoms with Crippen molar-refractivity contribution in [2.75, 3.05) is 0 Å². The summed E-state index contributed by atoms with van der Waals surface area (Å²) in [6.07, 6.45) is -4.73. The zero-order valence-corrected chi connectivity index (χ0v) is 14.3. The van der Waals surface area contributed by atoms with E-state index in [1.807, 2.05) is 61.5 Å². The van der Waals surface area contributed by atoms with Crippen molar-refractivity contribution < 1.29 is 17.9 Å². The molecule has 5 heteroatoms. The van der Waals surface area contributed by atoms with Crippen LogP contribution in [0.2, 0.25) is 0 Å². The molecule has 0 spiro atoms. The zero-order valence-electron chi connectivity index (χ0n) is 13.5. The first-order valence-electron chi connectivity index (χ1n) is 7.65. The molecule has 0 saturated carbocycles. The van der Waals surface area contributed by atoms with E-state index in [2.05, 4.69) is 4.74 Å². The Kier molecular flexibility index (Phi) is 5.04. The summed E-state index contributed by atoms with van der Waals surface area (Å²) in [6.45, 7) is 1.97. The van der Waals surface area contributed by atoms with E-state index in [1.165, 1.54) is 6.07 Å². The second-order valence-electron chi connectivity index (χ2n) is 5.43. The fourth-order valence-corrected chi connectivity index (χ4v) is 4.77. The molecule has 0 saturated heterocycles. The second kappa shape index (κ2) is 7.23. The monoisotopic (exact) mass is 361 g/mol. The molecule has 0 amide bonds. The number of hydrogen-bond donors (Lipinski definition) is 0. The van der Waals surface area contributed by atoms with Gasteiger partial charge in [0, 0.05) is 0 Å². The van der Waals surface area contributed by atoms with E-state index in [-0.39, 0.29) is 5.75 Å². The summed E-state index contributed by atoms with van der Waals surface area (Å²) in [5.74, 6) is -0.163. The highest BCUT2D eigenvalue weighted by Gasteiger charge is 2.37. The zero-order chi connectivity index (χ0) is 17.9. The number of hydrogen-bond acceptors (Lipinski definition) is 1. The summed E-state index contributed by atoms with van der Waals surface area (Å²) in [4.78, 5) is 2.40. The van der Waals surface area contributed by atoms with Crippen LogP contribution in [0.1, 0.15) is 5.56 Å². The molecule has 0 heterocycles. The normalized spacial score (nSPS) is 12.6. The van der Waals surface area contributed by atoms with Crippen LogP contribution in [0.3, 0.4) is 0 Å². The molecule has 0 bridgehead atoms. The highest BCUT2D eigenvalue weighted by Crippen LogP contribution is 2.38. The van der Waals surface area contributed by atoms with E-state index >= 15 is 0 Å². The van der Waals surface area contributed by atoms with Gasteiger partial charge in [0.05, 0.1) is 0 Å². The van der Waals surface area contributed by atoms with E-state index in [9.17, 15) is 13.2 Å². The van der Waals surface area contributed by atoms with Gasteiger partial charge in [-0.1, -0.05) is 42.5 Å². The summed E-state index contributed by atoms with van der Waals surface area (Å²) in [5, 5.41) is 0. The number of alkyl halides is 3. The molecule has 128 valence electrons. The molecule has 1 unspecified atom stereocenters. The highest BCUT2D eigenvalue weighted by atomic mass is 32.2. The van der Waals surface area contributed by atoms with Gasteiger partial charge in [0.15, 0.2) is 15.5 Å². The molecule has 0 aromatic heterocycles. The van der Waals surface area contributed by atoms with Crippen LogP contribution in [0.15, 0.2) is 93.5 Å². The van der Waals surface area contributed by atoms with E-state index < -0.39 is 17.3 Å². The smallest absolute Gasteiger partial charge is 0.400 e. The molecule has 0 fully saturated rings. The minimum atomic E-state index is -4.73. The van der Waals surface area contributed by atoms with E-state index in [4.69, 9.17) is 0 Å². The van der Waals surface area contributed by atoms with Crippen molar-refractivity contribution >= 4 is 10.9 Å². The lowest BCUT2D eigenvalue weighted by atomic mass is 10.2. The molecule has 3 aromatic rings. The standard InChI is InChI=1S/C20H16F3OS/c1-15-8-7-11-17(14-15)25(16-9-3-2-4-10-16)19-13-6-5-12-18(19)24-20(21,22)23/h2-14H,1H3/q+1. The van der Waals surface area contributed by atoms with Crippen LogP contribution < -0.4 is 4.74 Å². The fraction of sp³-hybridized carbons (Fsp3) is 0.100. The molecule has 0 aliphatic heterocycles. The largest absolute Gasteiger partial charge is 0.573 e. The minimum Gasteiger partial charge on any atom is -0.400 e. The Morgan fingerprint density at radius 1 is 0.760 bits per heavy atom. The van der Waals surface area contributed by atoms with Gasteiger partial charge in [-0.25, -0.2) is 0 Å². The van der Waals surface area contributed by atoms with Crippen LogP contribution in [0.25, 0.3) is 0 Å². The molecule has 0 N–H and O–H groups in total. The predicted molar refractivity (Wildman–Crippen MR) is 92.9 cm³/mol. The maximum Gasteiger partial charge on any atom is 0.573 e. The second-order valence-corrected chi connectivity index (χ2v) is 7.43. The fourth-order valence-electron chi connectivity index (χ4n) is 2.52. The van der Waals surface area contributed by atoms with Gasteiger partial charge in [0.1, 0.15) is 10.9 Å². The Morgan fingerprint density at radius 2 is 1.40 bits per heavy atom. The lowest BCUT2D eigenvalue weighted by molar-refractivity contribution is -0.275. The van der Waals surface area contributed by atoms with Crippen LogP contribution in [-0.2, 0) is 10.9 Å². The maximum atomic E-state index is 12.8. The summed E-state index contributed by atoms with van der Waals surface area (Å²) >= 11 is 0. The Labute approximate surface area is 147 Å². The number of aryl methyl sites for hydroxylation is 1. The number of benzene rings is 3. The SMILES string of the molecule is Cc1cccc([S+](c2ccccc2)c2ccccc2OC(F)(F)F)c1. The van der Waals surface area contributed by atoms with Crippen LogP contribution in [0.5, 0.6) is 5.75 Å². The van der Waals surface area contributed by atoms with Gasteiger partial charge >= 0.3 is 6.36 Å². The molecule has 1 atom stereocenters. The van der Waals surface area contributed by atoms with Crippen molar-refractivity contribution in [3.8, 4) is 5.75 Å². The van der Waals surface area contributed by atoms with Crippen molar-refractivity contribution in [1.82, 2.24) is 0 Å². The first-order valence-corrected chi connectivity index (χ1v) is 8.87. The molecule has 25 heavy (non-hydrogen) atoms. The number of para-hydroxylation sites is 1. The first-order chi connectivity index (χ1) is 11.9. The topological polar surface area (TPSA) is 9.23 Å². The van der Waals surface area contributed by atoms with Gasteiger partial charge < -0.3 is 4.74 Å². The van der Waals surface area contributed by atoms with Crippen LogP contribution in [0, 0.1) is 6.92 Å². The van der Waals surface area contributed by atoms with Crippen molar-refractivity contribution in [2.24, 2.45) is 0 Å². The quantitative estimate of drug-likeness (QED) is 0.519. The molecule has 1 nitrogen and oxygen atoms in total.